The number of phenols is 1. The van der Waals surface area contributed by atoms with Gasteiger partial charge in [-0.3, -0.25) is 4.79 Å². The van der Waals surface area contributed by atoms with Gasteiger partial charge in [-0.25, -0.2) is 4.79 Å². The number of ether oxygens (including phenoxy) is 1. The van der Waals surface area contributed by atoms with Crippen LogP contribution in [0.25, 0.3) is 0 Å². The van der Waals surface area contributed by atoms with E-state index in [0.29, 0.717) is 18.0 Å². The molecular weight excluding hydrogens is 330 g/mol. The molecule has 24 heavy (non-hydrogen) atoms. The summed E-state index contributed by atoms with van der Waals surface area (Å²) in [5.74, 6) is -1.47. The fraction of sp³-hybridized carbons (Fsp3) is 0.222. The smallest absolute Gasteiger partial charge is 0.342 e. The molecule has 1 atom stereocenters. The quantitative estimate of drug-likeness (QED) is 0.788. The Morgan fingerprint density at radius 3 is 2.58 bits per heavy atom. The topological polar surface area (TPSA) is 75.6 Å². The number of benzene rings is 2. The highest BCUT2D eigenvalue weighted by atomic mass is 35.5. The highest BCUT2D eigenvalue weighted by Crippen LogP contribution is 2.22. The molecule has 2 aromatic rings. The number of carbonyl (C=O) groups is 2. The number of hydrogen-bond acceptors (Lipinski definition) is 4. The first-order chi connectivity index (χ1) is 11.5. The Balaban J connectivity index is 1.83. The van der Waals surface area contributed by atoms with E-state index < -0.39 is 18.0 Å². The molecule has 0 heterocycles. The number of aromatic hydroxyl groups is 1. The molecule has 126 valence electrons. The Morgan fingerprint density at radius 2 is 1.92 bits per heavy atom. The van der Waals surface area contributed by atoms with Gasteiger partial charge in [-0.2, -0.15) is 0 Å². The highest BCUT2D eigenvalue weighted by Gasteiger charge is 2.20. The maximum atomic E-state index is 12.0. The van der Waals surface area contributed by atoms with E-state index in [1.54, 1.807) is 0 Å². The fourth-order valence-corrected chi connectivity index (χ4v) is 2.24. The van der Waals surface area contributed by atoms with E-state index in [1.165, 1.54) is 25.1 Å². The Kier molecular flexibility index (Phi) is 6.21. The van der Waals surface area contributed by atoms with Crippen LogP contribution in [0.3, 0.4) is 0 Å². The van der Waals surface area contributed by atoms with Crippen molar-refractivity contribution in [3.8, 4) is 5.75 Å². The molecule has 0 fully saturated rings. The summed E-state index contributed by atoms with van der Waals surface area (Å²) in [6, 6.07) is 13.8. The largest absolute Gasteiger partial charge is 0.507 e. The molecule has 0 saturated carbocycles. The number of carbonyl (C=O) groups excluding carboxylic acids is 2. The number of hydrogen-bond donors (Lipinski definition) is 2. The van der Waals surface area contributed by atoms with Gasteiger partial charge in [-0.05, 0) is 37.1 Å². The van der Waals surface area contributed by atoms with E-state index in [-0.39, 0.29) is 11.3 Å². The van der Waals surface area contributed by atoms with Gasteiger partial charge < -0.3 is 15.2 Å². The molecule has 2 aromatic carbocycles. The lowest BCUT2D eigenvalue weighted by Gasteiger charge is -2.14. The summed E-state index contributed by atoms with van der Waals surface area (Å²) in [4.78, 5) is 23.9. The van der Waals surface area contributed by atoms with Crippen LogP contribution in [0.15, 0.2) is 48.5 Å². The van der Waals surface area contributed by atoms with Crippen molar-refractivity contribution in [1.82, 2.24) is 5.32 Å². The van der Waals surface area contributed by atoms with Gasteiger partial charge in [0.05, 0.1) is 0 Å². The van der Waals surface area contributed by atoms with Crippen LogP contribution < -0.4 is 5.32 Å². The molecule has 0 radical (unpaired) electrons. The third-order valence-corrected chi connectivity index (χ3v) is 3.62. The van der Waals surface area contributed by atoms with Crippen LogP contribution in [0.5, 0.6) is 5.75 Å². The van der Waals surface area contributed by atoms with Crippen molar-refractivity contribution >= 4 is 23.5 Å². The number of esters is 1. The van der Waals surface area contributed by atoms with Crippen LogP contribution in [0.4, 0.5) is 0 Å². The molecule has 0 aliphatic heterocycles. The SMILES string of the molecule is C[C@@H](OC(=O)c1ccc(Cl)cc1O)C(=O)NCCc1ccccc1. The highest BCUT2D eigenvalue weighted by molar-refractivity contribution is 6.30. The lowest BCUT2D eigenvalue weighted by atomic mass is 10.1. The molecule has 0 spiro atoms. The molecule has 0 aromatic heterocycles. The van der Waals surface area contributed by atoms with E-state index in [1.807, 2.05) is 30.3 Å². The van der Waals surface area contributed by atoms with Crippen molar-refractivity contribution in [2.24, 2.45) is 0 Å². The van der Waals surface area contributed by atoms with E-state index in [4.69, 9.17) is 16.3 Å². The van der Waals surface area contributed by atoms with Crippen molar-refractivity contribution in [2.75, 3.05) is 6.54 Å². The first-order valence-electron chi connectivity index (χ1n) is 7.48. The molecule has 1 amide bonds. The van der Waals surface area contributed by atoms with Gasteiger partial charge in [0.2, 0.25) is 0 Å². The maximum absolute atomic E-state index is 12.0. The Labute approximate surface area is 145 Å². The molecule has 0 aliphatic carbocycles. The first-order valence-corrected chi connectivity index (χ1v) is 7.86. The van der Waals surface area contributed by atoms with Gasteiger partial charge in [-0.15, -0.1) is 0 Å². The molecular formula is C18H18ClNO4. The number of nitrogens with one attached hydrogen (secondary N) is 1. The van der Waals surface area contributed by atoms with Crippen LogP contribution in [0.2, 0.25) is 5.02 Å². The van der Waals surface area contributed by atoms with Crippen molar-refractivity contribution in [1.29, 1.82) is 0 Å². The first kappa shape index (κ1) is 17.8. The van der Waals surface area contributed by atoms with Crippen LogP contribution in [-0.2, 0) is 16.0 Å². The van der Waals surface area contributed by atoms with Gasteiger partial charge in [0.1, 0.15) is 11.3 Å². The third kappa shape index (κ3) is 4.99. The van der Waals surface area contributed by atoms with Gasteiger partial charge in [-0.1, -0.05) is 41.9 Å². The molecule has 2 rings (SSSR count). The van der Waals surface area contributed by atoms with Gasteiger partial charge >= 0.3 is 5.97 Å². The number of phenolic OH excluding ortho intramolecular Hbond substituents is 1. The predicted molar refractivity (Wildman–Crippen MR) is 91.2 cm³/mol. The maximum Gasteiger partial charge on any atom is 0.342 e. The second-order valence-electron chi connectivity index (χ2n) is 5.24. The summed E-state index contributed by atoms with van der Waals surface area (Å²) < 4.78 is 5.07. The molecule has 6 heteroatoms. The number of halogens is 1. The third-order valence-electron chi connectivity index (χ3n) is 3.39. The Morgan fingerprint density at radius 1 is 1.21 bits per heavy atom. The zero-order valence-corrected chi connectivity index (χ0v) is 13.9. The summed E-state index contributed by atoms with van der Waals surface area (Å²) in [7, 11) is 0. The molecule has 0 bridgehead atoms. The number of rotatable bonds is 6. The molecule has 5 nitrogen and oxygen atoms in total. The minimum absolute atomic E-state index is 0.0386. The lowest BCUT2D eigenvalue weighted by molar-refractivity contribution is -0.129. The fourth-order valence-electron chi connectivity index (χ4n) is 2.07. The van der Waals surface area contributed by atoms with E-state index >= 15 is 0 Å². The van der Waals surface area contributed by atoms with Crippen molar-refractivity contribution in [3.63, 3.8) is 0 Å². The van der Waals surface area contributed by atoms with E-state index in [0.717, 1.165) is 5.56 Å². The zero-order chi connectivity index (χ0) is 17.5. The molecule has 0 saturated heterocycles. The van der Waals surface area contributed by atoms with Gasteiger partial charge in [0.25, 0.3) is 5.91 Å². The van der Waals surface area contributed by atoms with Crippen LogP contribution in [0, 0.1) is 0 Å². The Bertz CT molecular complexity index is 718. The average molecular weight is 348 g/mol. The monoisotopic (exact) mass is 347 g/mol. The molecule has 2 N–H and O–H groups in total. The lowest BCUT2D eigenvalue weighted by Crippen LogP contribution is -2.36. The minimum atomic E-state index is -0.969. The Hall–Kier alpha value is -2.53. The van der Waals surface area contributed by atoms with Crippen LogP contribution in [-0.4, -0.2) is 29.6 Å². The average Bonchev–Trinajstić information content (AvgIpc) is 2.55. The summed E-state index contributed by atoms with van der Waals surface area (Å²) in [5.41, 5.74) is 1.07. The molecule has 0 unspecified atom stereocenters. The van der Waals surface area contributed by atoms with Crippen LogP contribution in [0.1, 0.15) is 22.8 Å². The van der Waals surface area contributed by atoms with Crippen molar-refractivity contribution in [3.05, 3.63) is 64.7 Å². The summed E-state index contributed by atoms with van der Waals surface area (Å²) in [6.45, 7) is 1.92. The summed E-state index contributed by atoms with van der Waals surface area (Å²) in [5, 5.41) is 12.7. The zero-order valence-electron chi connectivity index (χ0n) is 13.2. The minimum Gasteiger partial charge on any atom is -0.507 e. The van der Waals surface area contributed by atoms with Crippen LogP contribution >= 0.6 is 11.6 Å². The summed E-state index contributed by atoms with van der Waals surface area (Å²) >= 11 is 5.71. The second kappa shape index (κ2) is 8.36. The normalized spacial score (nSPS) is 11.6. The van der Waals surface area contributed by atoms with E-state index in [9.17, 15) is 14.7 Å². The van der Waals surface area contributed by atoms with Gasteiger partial charge in [0.15, 0.2) is 6.10 Å². The standard InChI is InChI=1S/C18H18ClNO4/c1-12(17(22)20-10-9-13-5-3-2-4-6-13)24-18(23)15-8-7-14(19)11-16(15)21/h2-8,11-12,21H,9-10H2,1H3,(H,20,22)/t12-/m1/s1. The second-order valence-corrected chi connectivity index (χ2v) is 5.67. The van der Waals surface area contributed by atoms with Gasteiger partial charge in [0, 0.05) is 11.6 Å². The van der Waals surface area contributed by atoms with Crippen molar-refractivity contribution in [2.45, 2.75) is 19.4 Å². The summed E-state index contributed by atoms with van der Waals surface area (Å²) in [6.07, 6.45) is -0.283. The molecule has 0 aliphatic rings. The predicted octanol–water partition coefficient (Wildman–Crippen LogP) is 2.95. The van der Waals surface area contributed by atoms with Crippen molar-refractivity contribution < 1.29 is 19.4 Å². The number of amides is 1. The van der Waals surface area contributed by atoms with E-state index in [2.05, 4.69) is 5.32 Å².